The highest BCUT2D eigenvalue weighted by Gasteiger charge is 2.69. The van der Waals surface area contributed by atoms with Gasteiger partial charge < -0.3 is 95.5 Å². The van der Waals surface area contributed by atoms with E-state index in [1.54, 1.807) is 0 Å². The fourth-order valence-corrected chi connectivity index (χ4v) is 16.5. The highest BCUT2D eigenvalue weighted by atomic mass is 16.8. The van der Waals surface area contributed by atoms with Crippen molar-refractivity contribution in [2.45, 2.75) is 272 Å². The molecule has 0 spiro atoms. The Balaban J connectivity index is 1.31. The number of carbonyl (C=O) groups excluding carboxylic acids is 12. The Morgan fingerprint density at radius 1 is 0.515 bits per heavy atom. The SMILES string of the molecule is CC(=O)OC[C@H]1O[C@@H](O[C@H]2CO[C@H](O[C@H]3[C@H](O[C@H]4CC[C@]5(C)C6=C(CC[C@H]5[C@]4(O)COC(C)=O)[C@]4(C(=O)[O-])CC[C@H]([C@H](C)[C@H](CC=C(C)C)OC(C)=O)[C@@]4(C)CC6)O[C@H](COC(C)=O)[C@H](OC(C)=O)[C@@H]3OC(C)=O)[C@H](OC(C)=O)[C@H]2OC(C)=O)[C@H](OC(C)=O)[C@@H](OC(C)=O)[C@H]1OC(C)=O. The van der Waals surface area contributed by atoms with E-state index in [4.69, 9.17) is 80.5 Å². The summed E-state index contributed by atoms with van der Waals surface area (Å²) in [5.41, 5.74) is -3.06. The Bertz CT molecular complexity index is 3120. The molecule has 554 valence electrons. The molecule has 4 aliphatic carbocycles. The van der Waals surface area contributed by atoms with Gasteiger partial charge in [-0.25, -0.2) is 0 Å². The number of carbonyl (C=O) groups is 12. The van der Waals surface area contributed by atoms with Gasteiger partial charge in [0.1, 0.15) is 49.8 Å². The Kier molecular flexibility index (Phi) is 26.1. The average molecular weight is 1410 g/mol. The van der Waals surface area contributed by atoms with E-state index < -0.39 is 224 Å². The lowest BCUT2D eigenvalue weighted by Crippen LogP contribution is -2.69. The third-order valence-corrected chi connectivity index (χ3v) is 20.3. The minimum atomic E-state index is -2.20. The zero-order chi connectivity index (χ0) is 73.6. The van der Waals surface area contributed by atoms with Crippen LogP contribution in [-0.4, -0.2) is 207 Å². The molecule has 0 unspecified atom stereocenters. The predicted molar refractivity (Wildman–Crippen MR) is 329 cm³/mol. The number of rotatable bonds is 25. The fourth-order valence-electron chi connectivity index (χ4n) is 16.5. The summed E-state index contributed by atoms with van der Waals surface area (Å²) in [7, 11) is 0. The first kappa shape index (κ1) is 79.2. The largest absolute Gasteiger partial charge is 0.549 e. The van der Waals surface area contributed by atoms with Gasteiger partial charge in [-0.15, -0.1) is 0 Å². The molecule has 7 aliphatic rings. The van der Waals surface area contributed by atoms with Crippen LogP contribution in [0.1, 0.15) is 169 Å². The summed E-state index contributed by atoms with van der Waals surface area (Å²) in [6.07, 6.45) is -23.1. The summed E-state index contributed by atoms with van der Waals surface area (Å²) in [6.45, 7) is 18.5. The van der Waals surface area contributed by atoms with Crippen LogP contribution in [0.2, 0.25) is 0 Å². The number of carboxylic acid groups (broad SMARTS) is 1. The molecule has 0 aromatic rings. The van der Waals surface area contributed by atoms with E-state index in [1.165, 1.54) is 6.92 Å². The molecule has 0 aromatic carbocycles. The second-order valence-corrected chi connectivity index (χ2v) is 27.4. The maximum absolute atomic E-state index is 14.3. The summed E-state index contributed by atoms with van der Waals surface area (Å²) >= 11 is 0. The van der Waals surface area contributed by atoms with Crippen LogP contribution in [0.4, 0.5) is 0 Å². The number of hydrogen-bond acceptors (Lipinski definition) is 31. The van der Waals surface area contributed by atoms with Crippen molar-refractivity contribution in [1.29, 1.82) is 0 Å². The molecule has 2 saturated carbocycles. The fraction of sp³-hybridized carbons (Fsp3) is 0.765. The standard InChI is InChI=1S/C68H96O31/c1-31(2)17-19-47(87-36(7)72)32(3)44-22-26-67(64(80)81)46-18-20-51-65(15,45(46)21-25-66(44,67)16)24-23-52(68(51,82)30-86-35(6)71)98-63-60(57(92-41(12)77)54(89-38(9)74)49(97-63)28-84-34(5)70)99-61-58(93-42(13)78)55(90-39(10)75)50(29-85-61)96-62-59(94-43(14)79)56(91-40(11)76)53(88-37(8)73)48(95-62)27-83-33(4)69/h17,32,44,47-63,82H,18-30H2,1-16H3,(H,80,81)/p-1/t32-,44+,47-,48+,49+,50-,51+,52-,53-,54-,55-,56-,57-,58+,59+,60+,61+,62-,63-,65+,66+,67-,68+/m0/s1. The molecule has 3 saturated heterocycles. The van der Waals surface area contributed by atoms with Crippen LogP contribution in [-0.2, 0) is 138 Å². The molecule has 1 N–H and O–H groups in total. The maximum atomic E-state index is 14.3. The van der Waals surface area contributed by atoms with Crippen LogP contribution < -0.4 is 5.11 Å². The van der Waals surface area contributed by atoms with E-state index in [0.29, 0.717) is 31.3 Å². The van der Waals surface area contributed by atoms with Crippen LogP contribution in [0.25, 0.3) is 0 Å². The molecule has 99 heavy (non-hydrogen) atoms. The maximum Gasteiger partial charge on any atom is 0.303 e. The van der Waals surface area contributed by atoms with Gasteiger partial charge in [-0.1, -0.05) is 43.6 Å². The van der Waals surface area contributed by atoms with E-state index in [1.807, 2.05) is 40.7 Å². The van der Waals surface area contributed by atoms with Gasteiger partial charge in [0.25, 0.3) is 0 Å². The topological polar surface area (TPSA) is 405 Å². The second kappa shape index (κ2) is 32.7. The van der Waals surface area contributed by atoms with Gasteiger partial charge in [0.15, 0.2) is 67.7 Å². The molecule has 0 bridgehead atoms. The zero-order valence-electron chi connectivity index (χ0n) is 58.9. The molecule has 3 heterocycles. The summed E-state index contributed by atoms with van der Waals surface area (Å²) in [4.78, 5) is 156. The summed E-state index contributed by atoms with van der Waals surface area (Å²) < 4.78 is 102. The molecule has 0 aromatic heterocycles. The first-order valence-corrected chi connectivity index (χ1v) is 33.2. The summed E-state index contributed by atoms with van der Waals surface area (Å²) in [6, 6.07) is 0. The minimum absolute atomic E-state index is 0.0964. The lowest BCUT2D eigenvalue weighted by atomic mass is 9.44. The van der Waals surface area contributed by atoms with E-state index in [-0.39, 0.29) is 43.9 Å². The summed E-state index contributed by atoms with van der Waals surface area (Å²) in [5, 5.41) is 28.0. The van der Waals surface area contributed by atoms with Gasteiger partial charge in [-0.05, 0) is 87.9 Å². The Morgan fingerprint density at radius 3 is 1.47 bits per heavy atom. The van der Waals surface area contributed by atoms with Gasteiger partial charge in [-0.2, -0.15) is 0 Å². The third kappa shape index (κ3) is 17.8. The first-order valence-electron chi connectivity index (χ1n) is 33.2. The molecule has 5 fully saturated rings. The number of carboxylic acids is 1. The second-order valence-electron chi connectivity index (χ2n) is 27.4. The first-order chi connectivity index (χ1) is 46.3. The van der Waals surface area contributed by atoms with Gasteiger partial charge in [0.2, 0.25) is 0 Å². The van der Waals surface area contributed by atoms with Gasteiger partial charge >= 0.3 is 65.7 Å². The van der Waals surface area contributed by atoms with Crippen molar-refractivity contribution >= 4 is 71.6 Å². The van der Waals surface area contributed by atoms with E-state index in [9.17, 15) is 67.7 Å². The molecular formula is C68H95O31-. The molecule has 7 rings (SSSR count). The third-order valence-electron chi connectivity index (χ3n) is 20.3. The number of hydrogen-bond donors (Lipinski definition) is 1. The molecule has 0 radical (unpaired) electrons. The lowest BCUT2D eigenvalue weighted by molar-refractivity contribution is -0.382. The van der Waals surface area contributed by atoms with Gasteiger partial charge in [-0.3, -0.25) is 52.7 Å². The van der Waals surface area contributed by atoms with Crippen LogP contribution in [0.15, 0.2) is 22.8 Å². The van der Waals surface area contributed by atoms with Gasteiger partial charge in [0, 0.05) is 93.9 Å². The molecule has 3 aliphatic heterocycles. The number of esters is 11. The quantitative estimate of drug-likeness (QED) is 0.0778. The molecule has 31 heteroatoms. The van der Waals surface area contributed by atoms with Crippen molar-refractivity contribution in [1.82, 2.24) is 0 Å². The van der Waals surface area contributed by atoms with Crippen molar-refractivity contribution in [3.8, 4) is 0 Å². The number of ether oxygens (including phenoxy) is 17. The number of allylic oxidation sites excluding steroid dienone is 2. The molecule has 31 nitrogen and oxygen atoms in total. The minimum Gasteiger partial charge on any atom is -0.549 e. The molecular weight excluding hydrogens is 1310 g/mol. The number of aliphatic hydroxyl groups is 1. The van der Waals surface area contributed by atoms with E-state index in [0.717, 1.165) is 80.4 Å². The number of fused-ring (bicyclic) bond motifs is 4. The van der Waals surface area contributed by atoms with Crippen molar-refractivity contribution in [3.05, 3.63) is 22.8 Å². The van der Waals surface area contributed by atoms with E-state index in [2.05, 4.69) is 0 Å². The van der Waals surface area contributed by atoms with Crippen LogP contribution >= 0.6 is 0 Å². The van der Waals surface area contributed by atoms with Gasteiger partial charge in [0.05, 0.1) is 18.7 Å². The summed E-state index contributed by atoms with van der Waals surface area (Å²) in [5.74, 6) is -12.5. The highest BCUT2D eigenvalue weighted by molar-refractivity contribution is 5.80. The highest BCUT2D eigenvalue weighted by Crippen LogP contribution is 2.72. The Morgan fingerprint density at radius 2 is 0.990 bits per heavy atom. The lowest BCUT2D eigenvalue weighted by Gasteiger charge is -2.63. The van der Waals surface area contributed by atoms with Crippen molar-refractivity contribution < 1.29 is 148 Å². The van der Waals surface area contributed by atoms with Crippen molar-refractivity contribution in [3.63, 3.8) is 0 Å². The number of aliphatic carboxylic acids is 1. The molecule has 0 amide bonds. The predicted octanol–water partition coefficient (Wildman–Crippen LogP) is 3.27. The van der Waals surface area contributed by atoms with Crippen molar-refractivity contribution in [2.24, 2.45) is 34.0 Å². The average Bonchev–Trinajstić information content (AvgIpc) is 1.64. The zero-order valence-corrected chi connectivity index (χ0v) is 58.9. The van der Waals surface area contributed by atoms with E-state index >= 15 is 0 Å². The van der Waals surface area contributed by atoms with Crippen LogP contribution in [0.5, 0.6) is 0 Å². The smallest absolute Gasteiger partial charge is 0.303 e. The van der Waals surface area contributed by atoms with Crippen LogP contribution in [0, 0.1) is 34.0 Å². The normalized spacial score (nSPS) is 36.0. The Hall–Kier alpha value is -7.16. The monoisotopic (exact) mass is 1410 g/mol. The van der Waals surface area contributed by atoms with Crippen LogP contribution in [0.3, 0.4) is 0 Å². The van der Waals surface area contributed by atoms with Crippen molar-refractivity contribution in [2.75, 3.05) is 26.4 Å². The molecule has 23 atom stereocenters. The Labute approximate surface area is 573 Å².